The van der Waals surface area contributed by atoms with Crippen LogP contribution in [0.4, 0.5) is 4.79 Å². The molecule has 1 aromatic heterocycles. The van der Waals surface area contributed by atoms with E-state index in [9.17, 15) is 9.59 Å². The molecule has 2 rings (SSSR count). The molecular formula is C11H17N5O3. The van der Waals surface area contributed by atoms with Gasteiger partial charge in [-0.15, -0.1) is 5.10 Å². The smallest absolute Gasteiger partial charge is 0.409 e. The number of carbonyl (C=O) groups excluding carboxylic acids is 2. The number of H-pyrrole nitrogens is 1. The van der Waals surface area contributed by atoms with Crippen molar-refractivity contribution in [3.8, 4) is 0 Å². The van der Waals surface area contributed by atoms with E-state index in [4.69, 9.17) is 4.74 Å². The summed E-state index contributed by atoms with van der Waals surface area (Å²) in [6.07, 6.45) is -0.330. The van der Waals surface area contributed by atoms with E-state index in [-0.39, 0.29) is 17.8 Å². The van der Waals surface area contributed by atoms with E-state index in [0.717, 1.165) is 0 Å². The van der Waals surface area contributed by atoms with Gasteiger partial charge in [-0.3, -0.25) is 9.89 Å². The summed E-state index contributed by atoms with van der Waals surface area (Å²) < 4.78 is 4.92. The summed E-state index contributed by atoms with van der Waals surface area (Å²) in [5.41, 5.74) is 0. The minimum Gasteiger partial charge on any atom is -0.450 e. The lowest BCUT2D eigenvalue weighted by Gasteiger charge is -2.33. The first-order chi connectivity index (χ1) is 9.11. The summed E-state index contributed by atoms with van der Waals surface area (Å²) in [6, 6.07) is 0. The van der Waals surface area contributed by atoms with Crippen LogP contribution in [0.1, 0.15) is 23.4 Å². The highest BCUT2D eigenvalue weighted by Crippen LogP contribution is 2.07. The molecule has 104 valence electrons. The Balaban J connectivity index is 1.89. The first kappa shape index (κ1) is 13.3. The molecule has 2 heterocycles. The van der Waals surface area contributed by atoms with Crippen LogP contribution in [0.3, 0.4) is 0 Å². The van der Waals surface area contributed by atoms with Crippen molar-refractivity contribution in [2.45, 2.75) is 13.8 Å². The number of hydrogen-bond donors (Lipinski definition) is 1. The van der Waals surface area contributed by atoms with Gasteiger partial charge in [0.15, 0.2) is 0 Å². The molecule has 1 fully saturated rings. The fraction of sp³-hybridized carbons (Fsp3) is 0.636. The molecule has 8 nitrogen and oxygen atoms in total. The molecule has 0 aromatic carbocycles. The van der Waals surface area contributed by atoms with Gasteiger partial charge in [0.05, 0.1) is 6.61 Å². The lowest BCUT2D eigenvalue weighted by Crippen LogP contribution is -2.50. The predicted molar refractivity (Wildman–Crippen MR) is 65.6 cm³/mol. The van der Waals surface area contributed by atoms with Gasteiger partial charge in [-0.25, -0.2) is 9.78 Å². The molecule has 1 saturated heterocycles. The number of hydrogen-bond acceptors (Lipinski definition) is 5. The maximum Gasteiger partial charge on any atom is 0.409 e. The lowest BCUT2D eigenvalue weighted by atomic mass is 10.3. The summed E-state index contributed by atoms with van der Waals surface area (Å²) in [4.78, 5) is 30.8. The summed E-state index contributed by atoms with van der Waals surface area (Å²) in [7, 11) is 0. The molecule has 1 aromatic rings. The molecule has 1 aliphatic heterocycles. The zero-order chi connectivity index (χ0) is 13.8. The predicted octanol–water partition coefficient (Wildman–Crippen LogP) is 0.0274. The van der Waals surface area contributed by atoms with Crippen molar-refractivity contribution in [2.24, 2.45) is 0 Å². The van der Waals surface area contributed by atoms with Crippen LogP contribution in [0, 0.1) is 6.92 Å². The summed E-state index contributed by atoms with van der Waals surface area (Å²) >= 11 is 0. The number of nitrogens with zero attached hydrogens (tertiary/aromatic N) is 4. The van der Waals surface area contributed by atoms with Gasteiger partial charge in [0.1, 0.15) is 5.82 Å². The highest BCUT2D eigenvalue weighted by atomic mass is 16.6. The van der Waals surface area contributed by atoms with Crippen molar-refractivity contribution < 1.29 is 14.3 Å². The minimum atomic E-state index is -0.330. The van der Waals surface area contributed by atoms with Crippen LogP contribution in [0.25, 0.3) is 0 Å². The second-order valence-corrected chi connectivity index (χ2v) is 4.22. The quantitative estimate of drug-likeness (QED) is 0.816. The second-order valence-electron chi connectivity index (χ2n) is 4.22. The van der Waals surface area contributed by atoms with Crippen molar-refractivity contribution in [3.63, 3.8) is 0 Å². The number of piperazine rings is 1. The normalized spacial score (nSPS) is 15.5. The molecule has 0 saturated carbocycles. The average molecular weight is 267 g/mol. The number of aryl methyl sites for hydroxylation is 1. The number of ether oxygens (including phenoxy) is 1. The van der Waals surface area contributed by atoms with Crippen LogP contribution in [0.15, 0.2) is 0 Å². The van der Waals surface area contributed by atoms with Crippen LogP contribution < -0.4 is 0 Å². The van der Waals surface area contributed by atoms with Crippen LogP contribution in [-0.4, -0.2) is 69.8 Å². The molecule has 0 atom stereocenters. The number of aromatic amines is 1. The van der Waals surface area contributed by atoms with Crippen molar-refractivity contribution in [1.29, 1.82) is 0 Å². The summed E-state index contributed by atoms with van der Waals surface area (Å²) in [6.45, 7) is 5.72. The van der Waals surface area contributed by atoms with Crippen molar-refractivity contribution >= 4 is 12.0 Å². The molecule has 0 aliphatic carbocycles. The Morgan fingerprint density at radius 2 is 1.89 bits per heavy atom. The average Bonchev–Trinajstić information content (AvgIpc) is 2.85. The van der Waals surface area contributed by atoms with Gasteiger partial charge in [0.2, 0.25) is 5.82 Å². The Morgan fingerprint density at radius 3 is 2.42 bits per heavy atom. The van der Waals surface area contributed by atoms with Crippen LogP contribution >= 0.6 is 0 Å². The zero-order valence-electron chi connectivity index (χ0n) is 11.0. The largest absolute Gasteiger partial charge is 0.450 e. The monoisotopic (exact) mass is 267 g/mol. The maximum atomic E-state index is 12.1. The zero-order valence-corrected chi connectivity index (χ0v) is 11.0. The third kappa shape index (κ3) is 3.01. The Hall–Kier alpha value is -2.12. The van der Waals surface area contributed by atoms with Gasteiger partial charge in [0, 0.05) is 26.2 Å². The van der Waals surface area contributed by atoms with E-state index in [1.807, 2.05) is 0 Å². The van der Waals surface area contributed by atoms with Gasteiger partial charge < -0.3 is 14.5 Å². The summed E-state index contributed by atoms with van der Waals surface area (Å²) in [5.74, 6) is 0.559. The number of carbonyl (C=O) groups is 2. The van der Waals surface area contributed by atoms with Crippen molar-refractivity contribution in [3.05, 3.63) is 11.6 Å². The maximum absolute atomic E-state index is 12.1. The standard InChI is InChI=1S/C11H17N5O3/c1-3-19-11(18)16-6-4-15(5-7-16)10(17)9-12-8(2)13-14-9/h3-7H2,1-2H3,(H,12,13,14). The Morgan fingerprint density at radius 1 is 1.26 bits per heavy atom. The van der Waals surface area contributed by atoms with E-state index in [1.54, 1.807) is 23.6 Å². The number of aromatic nitrogens is 3. The van der Waals surface area contributed by atoms with Gasteiger partial charge in [0.25, 0.3) is 5.91 Å². The lowest BCUT2D eigenvalue weighted by molar-refractivity contribution is 0.0561. The molecule has 8 heteroatoms. The molecule has 1 aliphatic rings. The first-order valence-corrected chi connectivity index (χ1v) is 6.21. The number of rotatable bonds is 2. The second kappa shape index (κ2) is 5.68. The Bertz CT molecular complexity index is 465. The van der Waals surface area contributed by atoms with E-state index in [1.165, 1.54) is 0 Å². The minimum absolute atomic E-state index is 0.169. The third-order valence-electron chi connectivity index (χ3n) is 2.88. The van der Waals surface area contributed by atoms with Crippen LogP contribution in [-0.2, 0) is 4.74 Å². The van der Waals surface area contributed by atoms with Crippen molar-refractivity contribution in [2.75, 3.05) is 32.8 Å². The van der Waals surface area contributed by atoms with Crippen LogP contribution in [0.5, 0.6) is 0 Å². The Kier molecular flexibility index (Phi) is 3.98. The molecular weight excluding hydrogens is 250 g/mol. The van der Waals surface area contributed by atoms with Crippen molar-refractivity contribution in [1.82, 2.24) is 25.0 Å². The van der Waals surface area contributed by atoms with E-state index in [2.05, 4.69) is 15.2 Å². The highest BCUT2D eigenvalue weighted by Gasteiger charge is 2.27. The fourth-order valence-electron chi connectivity index (χ4n) is 1.89. The van der Waals surface area contributed by atoms with E-state index >= 15 is 0 Å². The Labute approximate surface area is 110 Å². The molecule has 1 N–H and O–H groups in total. The molecule has 0 unspecified atom stereocenters. The molecule has 0 spiro atoms. The van der Waals surface area contributed by atoms with Gasteiger partial charge in [-0.2, -0.15) is 0 Å². The van der Waals surface area contributed by atoms with E-state index < -0.39 is 0 Å². The third-order valence-corrected chi connectivity index (χ3v) is 2.88. The van der Waals surface area contributed by atoms with Gasteiger partial charge in [-0.05, 0) is 13.8 Å². The number of nitrogens with one attached hydrogen (secondary N) is 1. The highest BCUT2D eigenvalue weighted by molar-refractivity contribution is 5.90. The van der Waals surface area contributed by atoms with E-state index in [0.29, 0.717) is 38.6 Å². The molecule has 2 amide bonds. The SMILES string of the molecule is CCOC(=O)N1CCN(C(=O)c2n[nH]c(C)n2)CC1. The number of amides is 2. The van der Waals surface area contributed by atoms with Gasteiger partial charge >= 0.3 is 6.09 Å². The fourth-order valence-corrected chi connectivity index (χ4v) is 1.89. The molecule has 19 heavy (non-hydrogen) atoms. The summed E-state index contributed by atoms with van der Waals surface area (Å²) in [5, 5.41) is 6.48. The van der Waals surface area contributed by atoms with Gasteiger partial charge in [-0.1, -0.05) is 0 Å². The first-order valence-electron chi connectivity index (χ1n) is 6.21. The molecule has 0 bridgehead atoms. The molecule has 0 radical (unpaired) electrons. The van der Waals surface area contributed by atoms with Crippen LogP contribution in [0.2, 0.25) is 0 Å². The topological polar surface area (TPSA) is 91.4 Å².